The fraction of sp³-hybridized carbons (Fsp3) is 0.269. The maximum atomic E-state index is 13.2. The lowest BCUT2D eigenvalue weighted by Gasteiger charge is -2.31. The number of hydrogen-bond acceptors (Lipinski definition) is 4. The second-order valence-electron chi connectivity index (χ2n) is 8.46. The average Bonchev–Trinajstić information content (AvgIpc) is 2.84. The number of likely N-dealkylation sites (N-methyl/N-ethyl adjacent to an activating group) is 1. The summed E-state index contributed by atoms with van der Waals surface area (Å²) in [5, 5.41) is 3.10. The van der Waals surface area contributed by atoms with Crippen LogP contribution < -0.4 is 5.32 Å². The summed E-state index contributed by atoms with van der Waals surface area (Å²) in [4.78, 5) is 15.5. The van der Waals surface area contributed by atoms with Crippen LogP contribution in [-0.4, -0.2) is 56.8 Å². The number of carbonyl (C=O) groups excluding carboxylic acids is 1. The van der Waals surface area contributed by atoms with E-state index in [1.807, 2.05) is 68.6 Å². The van der Waals surface area contributed by atoms with Gasteiger partial charge in [-0.05, 0) is 43.3 Å². The fourth-order valence-electron chi connectivity index (χ4n) is 3.95. The third-order valence-electron chi connectivity index (χ3n) is 6.02. The SMILES string of the molecule is Cc1ccc([C@H](NC(=O)c2cccc(S(=O)(=O)N3CCN(C)CC3)c2)c2ccccc2)cc1. The van der Waals surface area contributed by atoms with Crippen LogP contribution in [0, 0.1) is 6.92 Å². The highest BCUT2D eigenvalue weighted by atomic mass is 32.2. The summed E-state index contributed by atoms with van der Waals surface area (Å²) in [5.41, 5.74) is 3.37. The largest absolute Gasteiger partial charge is 0.341 e. The highest BCUT2D eigenvalue weighted by Crippen LogP contribution is 2.24. The van der Waals surface area contributed by atoms with E-state index in [-0.39, 0.29) is 16.8 Å². The van der Waals surface area contributed by atoms with Crippen LogP contribution in [0.2, 0.25) is 0 Å². The second-order valence-corrected chi connectivity index (χ2v) is 10.4. The van der Waals surface area contributed by atoms with Crippen molar-refractivity contribution in [2.75, 3.05) is 33.2 Å². The first-order chi connectivity index (χ1) is 15.8. The molecule has 7 heteroatoms. The van der Waals surface area contributed by atoms with Crippen LogP contribution in [0.5, 0.6) is 0 Å². The van der Waals surface area contributed by atoms with Gasteiger partial charge in [-0.25, -0.2) is 8.42 Å². The molecule has 0 aliphatic carbocycles. The molecular formula is C26H29N3O3S. The summed E-state index contributed by atoms with van der Waals surface area (Å²) in [6.07, 6.45) is 0. The normalized spacial score (nSPS) is 16.3. The molecule has 1 heterocycles. The van der Waals surface area contributed by atoms with Crippen molar-refractivity contribution < 1.29 is 13.2 Å². The Kier molecular flexibility index (Phi) is 6.93. The highest BCUT2D eigenvalue weighted by Gasteiger charge is 2.28. The molecule has 0 radical (unpaired) electrons. The highest BCUT2D eigenvalue weighted by molar-refractivity contribution is 7.89. The first-order valence-electron chi connectivity index (χ1n) is 11.1. The molecule has 1 aliphatic rings. The van der Waals surface area contributed by atoms with Gasteiger partial charge in [-0.2, -0.15) is 4.31 Å². The summed E-state index contributed by atoms with van der Waals surface area (Å²) in [6, 6.07) is 23.7. The molecule has 0 aromatic heterocycles. The Morgan fingerprint density at radius 1 is 0.848 bits per heavy atom. The van der Waals surface area contributed by atoms with Crippen LogP contribution in [0.3, 0.4) is 0 Å². The molecule has 4 rings (SSSR count). The Hall–Kier alpha value is -3.00. The first-order valence-corrected chi connectivity index (χ1v) is 12.5. The minimum atomic E-state index is -3.65. The van der Waals surface area contributed by atoms with Crippen LogP contribution in [0.1, 0.15) is 33.1 Å². The minimum Gasteiger partial charge on any atom is -0.341 e. The molecule has 0 bridgehead atoms. The topological polar surface area (TPSA) is 69.7 Å². The number of carbonyl (C=O) groups is 1. The quantitative estimate of drug-likeness (QED) is 0.608. The number of aryl methyl sites for hydroxylation is 1. The number of benzene rings is 3. The number of amides is 1. The molecular weight excluding hydrogens is 434 g/mol. The number of hydrogen-bond donors (Lipinski definition) is 1. The predicted molar refractivity (Wildman–Crippen MR) is 130 cm³/mol. The first kappa shape index (κ1) is 23.2. The van der Waals surface area contributed by atoms with E-state index in [1.165, 1.54) is 10.4 Å². The van der Waals surface area contributed by atoms with E-state index in [0.29, 0.717) is 31.7 Å². The number of sulfonamides is 1. The van der Waals surface area contributed by atoms with E-state index in [1.54, 1.807) is 18.2 Å². The molecule has 0 unspecified atom stereocenters. The molecule has 1 N–H and O–H groups in total. The standard InChI is InChI=1S/C26H29N3O3S/c1-20-11-13-22(14-12-20)25(21-7-4-3-5-8-21)27-26(30)23-9-6-10-24(19-23)33(31,32)29-17-15-28(2)16-18-29/h3-14,19,25H,15-18H2,1-2H3,(H,27,30)/t25-/m1/s1. The van der Waals surface area contributed by atoms with Crippen LogP contribution >= 0.6 is 0 Å². The van der Waals surface area contributed by atoms with Crippen LogP contribution in [0.4, 0.5) is 0 Å². The van der Waals surface area contributed by atoms with Gasteiger partial charge in [0.05, 0.1) is 10.9 Å². The third-order valence-corrected chi connectivity index (χ3v) is 7.91. The van der Waals surface area contributed by atoms with Gasteiger partial charge in [0.25, 0.3) is 5.91 Å². The van der Waals surface area contributed by atoms with E-state index in [2.05, 4.69) is 10.2 Å². The van der Waals surface area contributed by atoms with Crippen molar-refractivity contribution in [3.63, 3.8) is 0 Å². The Morgan fingerprint density at radius 3 is 2.15 bits per heavy atom. The Labute approximate surface area is 195 Å². The van der Waals surface area contributed by atoms with Crippen molar-refractivity contribution in [3.05, 3.63) is 101 Å². The van der Waals surface area contributed by atoms with E-state index in [4.69, 9.17) is 0 Å². The van der Waals surface area contributed by atoms with Gasteiger partial charge >= 0.3 is 0 Å². The smallest absolute Gasteiger partial charge is 0.252 e. The van der Waals surface area contributed by atoms with Gasteiger partial charge in [-0.1, -0.05) is 66.2 Å². The van der Waals surface area contributed by atoms with Crippen LogP contribution in [0.15, 0.2) is 83.8 Å². The van der Waals surface area contributed by atoms with E-state index in [0.717, 1.165) is 16.7 Å². The van der Waals surface area contributed by atoms with Gasteiger partial charge in [0.1, 0.15) is 0 Å². The van der Waals surface area contributed by atoms with Gasteiger partial charge in [0.2, 0.25) is 10.0 Å². The molecule has 0 spiro atoms. The summed E-state index contributed by atoms with van der Waals surface area (Å²) < 4.78 is 27.8. The molecule has 6 nitrogen and oxygen atoms in total. The molecule has 1 amide bonds. The third kappa shape index (κ3) is 5.33. The number of nitrogens with one attached hydrogen (secondary N) is 1. The number of rotatable bonds is 6. The van der Waals surface area contributed by atoms with Gasteiger partial charge in [0.15, 0.2) is 0 Å². The summed E-state index contributed by atoms with van der Waals surface area (Å²) in [5.74, 6) is -0.320. The Morgan fingerprint density at radius 2 is 1.48 bits per heavy atom. The average molecular weight is 464 g/mol. The lowest BCUT2D eigenvalue weighted by Crippen LogP contribution is -2.47. The summed E-state index contributed by atoms with van der Waals surface area (Å²) in [6.45, 7) is 4.28. The van der Waals surface area contributed by atoms with Gasteiger partial charge < -0.3 is 10.2 Å². The molecule has 33 heavy (non-hydrogen) atoms. The lowest BCUT2D eigenvalue weighted by atomic mass is 9.97. The zero-order chi connectivity index (χ0) is 23.4. The van der Waals surface area contributed by atoms with E-state index >= 15 is 0 Å². The zero-order valence-corrected chi connectivity index (χ0v) is 19.8. The summed E-state index contributed by atoms with van der Waals surface area (Å²) >= 11 is 0. The maximum absolute atomic E-state index is 13.2. The number of piperazine rings is 1. The van der Waals surface area contributed by atoms with E-state index in [9.17, 15) is 13.2 Å². The van der Waals surface area contributed by atoms with Gasteiger partial charge in [-0.15, -0.1) is 0 Å². The molecule has 3 aromatic carbocycles. The zero-order valence-electron chi connectivity index (χ0n) is 18.9. The molecule has 1 aliphatic heterocycles. The molecule has 1 fully saturated rings. The molecule has 3 aromatic rings. The van der Waals surface area contributed by atoms with Crippen molar-refractivity contribution in [3.8, 4) is 0 Å². The predicted octanol–water partition coefficient (Wildman–Crippen LogP) is 3.45. The Bertz CT molecular complexity index is 1200. The molecule has 1 saturated heterocycles. The molecule has 0 saturated carbocycles. The van der Waals surface area contributed by atoms with Gasteiger partial charge in [-0.3, -0.25) is 4.79 Å². The maximum Gasteiger partial charge on any atom is 0.252 e. The lowest BCUT2D eigenvalue weighted by molar-refractivity contribution is 0.0942. The minimum absolute atomic E-state index is 0.145. The summed E-state index contributed by atoms with van der Waals surface area (Å²) in [7, 11) is -1.67. The number of nitrogens with zero attached hydrogens (tertiary/aromatic N) is 2. The molecule has 172 valence electrons. The Balaban J connectivity index is 1.60. The van der Waals surface area contributed by atoms with Crippen molar-refractivity contribution in [2.24, 2.45) is 0 Å². The van der Waals surface area contributed by atoms with Crippen LogP contribution in [-0.2, 0) is 10.0 Å². The van der Waals surface area contributed by atoms with E-state index < -0.39 is 10.0 Å². The van der Waals surface area contributed by atoms with Crippen molar-refractivity contribution in [1.29, 1.82) is 0 Å². The fourth-order valence-corrected chi connectivity index (χ4v) is 5.42. The van der Waals surface area contributed by atoms with Crippen molar-refractivity contribution in [1.82, 2.24) is 14.5 Å². The van der Waals surface area contributed by atoms with Crippen LogP contribution in [0.25, 0.3) is 0 Å². The van der Waals surface area contributed by atoms with Crippen molar-refractivity contribution >= 4 is 15.9 Å². The molecule has 1 atom stereocenters. The monoisotopic (exact) mass is 463 g/mol. The van der Waals surface area contributed by atoms with Crippen molar-refractivity contribution in [2.45, 2.75) is 17.9 Å². The second kappa shape index (κ2) is 9.87. The van der Waals surface area contributed by atoms with Gasteiger partial charge in [0, 0.05) is 31.7 Å².